The van der Waals surface area contributed by atoms with Crippen LogP contribution in [0.1, 0.15) is 62.0 Å². The van der Waals surface area contributed by atoms with E-state index in [0.29, 0.717) is 46.0 Å². The molecule has 9 aromatic carbocycles. The second-order valence-electron chi connectivity index (χ2n) is 19.9. The van der Waals surface area contributed by atoms with E-state index in [1.54, 1.807) is 115 Å². The minimum atomic E-state index is -3.99. The number of carboxylic acid groups (broad SMARTS) is 3. The summed E-state index contributed by atoms with van der Waals surface area (Å²) in [6.45, 7) is 6.91. The first kappa shape index (κ1) is 68.9. The molecule has 9 aromatic rings. The van der Waals surface area contributed by atoms with E-state index in [2.05, 4.69) is 14.2 Å². The maximum atomic E-state index is 13.4. The van der Waals surface area contributed by atoms with Crippen LogP contribution in [0, 0.1) is 12.7 Å². The zero-order valence-corrected chi connectivity index (χ0v) is 52.1. The van der Waals surface area contributed by atoms with E-state index in [1.807, 2.05) is 39.0 Å². The van der Waals surface area contributed by atoms with Crippen LogP contribution < -0.4 is 42.6 Å². The lowest BCUT2D eigenvalue weighted by atomic mass is 10.0. The number of carboxylic acids is 3. The third-order valence-corrected chi connectivity index (χ3v) is 16.9. The fraction of sp³-hybridized carbons (Fsp3) is 0.149. The van der Waals surface area contributed by atoms with Gasteiger partial charge >= 0.3 is 17.9 Å². The Morgan fingerprint density at radius 3 is 1.02 bits per heavy atom. The van der Waals surface area contributed by atoms with E-state index in [1.165, 1.54) is 72.8 Å². The van der Waals surface area contributed by atoms with Gasteiger partial charge in [0.15, 0.2) is 0 Å². The molecule has 6 N–H and O–H groups in total. The molecular weight excluding hydrogens is 1250 g/mol. The lowest BCUT2D eigenvalue weighted by Gasteiger charge is -2.14. The van der Waals surface area contributed by atoms with Gasteiger partial charge in [0.05, 0.1) is 48.4 Å². The van der Waals surface area contributed by atoms with Crippen LogP contribution in [0.25, 0.3) is 0 Å². The highest BCUT2D eigenvalue weighted by Crippen LogP contribution is 2.31. The molecular formula is C67H64FN3O18S3. The summed E-state index contributed by atoms with van der Waals surface area (Å²) in [7, 11) is -11.5. The Bertz CT molecular complexity index is 4110. The molecule has 0 aliphatic rings. The summed E-state index contributed by atoms with van der Waals surface area (Å²) in [5.74, 6) is -0.854. The number of benzene rings is 9. The number of hydrogen-bond donors (Lipinski definition) is 6. The lowest BCUT2D eigenvalue weighted by molar-refractivity contribution is 0.0686. The Labute approximate surface area is 531 Å². The maximum Gasteiger partial charge on any atom is 0.335 e. The van der Waals surface area contributed by atoms with Crippen molar-refractivity contribution in [1.82, 2.24) is 0 Å². The summed E-state index contributed by atoms with van der Waals surface area (Å²) < 4.78 is 130. The molecule has 0 heterocycles. The van der Waals surface area contributed by atoms with Crippen molar-refractivity contribution in [2.24, 2.45) is 0 Å². The molecule has 0 radical (unpaired) electrons. The fourth-order valence-electron chi connectivity index (χ4n) is 8.10. The van der Waals surface area contributed by atoms with Gasteiger partial charge in [-0.25, -0.2) is 44.0 Å². The van der Waals surface area contributed by atoms with Gasteiger partial charge in [-0.1, -0.05) is 80.6 Å². The minimum Gasteiger partial charge on any atom is -0.490 e. The van der Waals surface area contributed by atoms with Crippen molar-refractivity contribution >= 4 is 65.0 Å². The van der Waals surface area contributed by atoms with Crippen LogP contribution in [0.3, 0.4) is 0 Å². The molecule has 0 aromatic heterocycles. The van der Waals surface area contributed by atoms with E-state index in [9.17, 15) is 44.0 Å². The smallest absolute Gasteiger partial charge is 0.335 e. The van der Waals surface area contributed by atoms with Crippen LogP contribution in [0.15, 0.2) is 233 Å². The van der Waals surface area contributed by atoms with E-state index < -0.39 is 53.8 Å². The summed E-state index contributed by atoms with van der Waals surface area (Å²) in [5.41, 5.74) is 3.25. The number of rotatable bonds is 28. The number of halogens is 1. The number of aryl methyl sites for hydroxylation is 1. The molecule has 25 heteroatoms. The van der Waals surface area contributed by atoms with Gasteiger partial charge in [0.1, 0.15) is 80.0 Å². The highest BCUT2D eigenvalue weighted by atomic mass is 32.2. The van der Waals surface area contributed by atoms with E-state index >= 15 is 0 Å². The first-order chi connectivity index (χ1) is 44.0. The Morgan fingerprint density at radius 2 is 0.696 bits per heavy atom. The molecule has 0 saturated carbocycles. The second-order valence-corrected chi connectivity index (χ2v) is 24.9. The zero-order valence-electron chi connectivity index (χ0n) is 49.7. The number of hydrogen-bond acceptors (Lipinski definition) is 15. The largest absolute Gasteiger partial charge is 0.490 e. The van der Waals surface area contributed by atoms with Gasteiger partial charge in [-0.2, -0.15) is 0 Å². The fourth-order valence-corrected chi connectivity index (χ4v) is 11.5. The number of nitrogens with one attached hydrogen (secondary N) is 3. The highest BCUT2D eigenvalue weighted by molar-refractivity contribution is 7.93. The van der Waals surface area contributed by atoms with Gasteiger partial charge in [-0.3, -0.25) is 14.2 Å². The maximum absolute atomic E-state index is 13.4. The number of para-hydroxylation sites is 6. The first-order valence-corrected chi connectivity index (χ1v) is 32.5. The van der Waals surface area contributed by atoms with Crippen LogP contribution >= 0.6 is 0 Å². The normalized spacial score (nSPS) is 11.1. The van der Waals surface area contributed by atoms with Crippen molar-refractivity contribution in [3.63, 3.8) is 0 Å². The van der Waals surface area contributed by atoms with Crippen molar-refractivity contribution in [1.29, 1.82) is 0 Å². The number of ether oxygens (including phenoxy) is 6. The molecule has 0 aliphatic carbocycles. The summed E-state index contributed by atoms with van der Waals surface area (Å²) in [5, 5.41) is 26.7. The van der Waals surface area contributed by atoms with Crippen LogP contribution in [-0.4, -0.2) is 98.1 Å². The van der Waals surface area contributed by atoms with Crippen LogP contribution in [0.4, 0.5) is 21.5 Å². The van der Waals surface area contributed by atoms with Gasteiger partial charge in [0.2, 0.25) is 0 Å². The average molecular weight is 1310 g/mol. The Hall–Kier alpha value is -10.6. The van der Waals surface area contributed by atoms with E-state index in [-0.39, 0.29) is 82.5 Å². The molecule has 0 bridgehead atoms. The predicted molar refractivity (Wildman–Crippen MR) is 343 cm³/mol. The topological polar surface area (TPSA) is 306 Å². The molecule has 0 spiro atoms. The SMILES string of the molecule is CC(C)c1ccc(S(=O)(=O)Nc2ccccc2OCCOc2ccc(C(=O)O)cc2)cc1.Cc1cccc(S(=O)(=O)Nc2ccccc2OCCOc2ccc(C(=O)O)cc2)c1.O=C(O)c1ccc(OCCOc2ccccc2NS(=O)(=O)c2cccc(F)c2)cc1. The van der Waals surface area contributed by atoms with Gasteiger partial charge in [0.25, 0.3) is 30.1 Å². The van der Waals surface area contributed by atoms with Gasteiger partial charge in [-0.05, 0) is 176 Å². The third-order valence-electron chi connectivity index (χ3n) is 12.8. The summed E-state index contributed by atoms with van der Waals surface area (Å²) in [6.07, 6.45) is 0. The molecule has 0 aliphatic heterocycles. The van der Waals surface area contributed by atoms with Crippen molar-refractivity contribution < 1.29 is 87.8 Å². The van der Waals surface area contributed by atoms with Gasteiger partial charge in [-0.15, -0.1) is 0 Å². The Morgan fingerprint density at radius 1 is 0.380 bits per heavy atom. The number of aromatic carboxylic acids is 3. The zero-order chi connectivity index (χ0) is 66.3. The highest BCUT2D eigenvalue weighted by Gasteiger charge is 2.20. The average Bonchev–Trinajstić information content (AvgIpc) is 0.870. The molecule has 0 fully saturated rings. The third kappa shape index (κ3) is 21.0. The molecule has 0 atom stereocenters. The van der Waals surface area contributed by atoms with Gasteiger partial charge < -0.3 is 43.7 Å². The Balaban J connectivity index is 0.000000196. The predicted octanol–water partition coefficient (Wildman–Crippen LogP) is 12.5. The molecule has 0 amide bonds. The van der Waals surface area contributed by atoms with Crippen molar-refractivity contribution in [3.05, 3.63) is 252 Å². The molecule has 0 saturated heterocycles. The van der Waals surface area contributed by atoms with Crippen molar-refractivity contribution in [2.75, 3.05) is 53.8 Å². The monoisotopic (exact) mass is 1310 g/mol. The summed E-state index contributed by atoms with van der Waals surface area (Å²) >= 11 is 0. The molecule has 0 unspecified atom stereocenters. The molecule has 92 heavy (non-hydrogen) atoms. The summed E-state index contributed by atoms with van der Waals surface area (Å²) in [6, 6.07) is 56.0. The first-order valence-electron chi connectivity index (χ1n) is 28.0. The van der Waals surface area contributed by atoms with Gasteiger partial charge in [0, 0.05) is 0 Å². The minimum absolute atomic E-state index is 0.111. The summed E-state index contributed by atoms with van der Waals surface area (Å²) in [4.78, 5) is 32.7. The van der Waals surface area contributed by atoms with Crippen LogP contribution in [-0.2, 0) is 30.1 Å². The van der Waals surface area contributed by atoms with Crippen molar-refractivity contribution in [2.45, 2.75) is 41.4 Å². The lowest BCUT2D eigenvalue weighted by Crippen LogP contribution is -2.15. The van der Waals surface area contributed by atoms with Crippen LogP contribution in [0.5, 0.6) is 34.5 Å². The number of sulfonamides is 3. The number of carbonyl (C=O) groups is 3. The van der Waals surface area contributed by atoms with Crippen LogP contribution in [0.2, 0.25) is 0 Å². The quantitative estimate of drug-likeness (QED) is 0.0248. The van der Waals surface area contributed by atoms with Crippen molar-refractivity contribution in [3.8, 4) is 34.5 Å². The van der Waals surface area contributed by atoms with E-state index in [4.69, 9.17) is 43.7 Å². The van der Waals surface area contributed by atoms with E-state index in [0.717, 1.165) is 23.3 Å². The second kappa shape index (κ2) is 32.7. The Kier molecular flexibility index (Phi) is 24.5. The number of anilines is 3. The molecule has 9 rings (SSSR count). The standard InChI is InChI=1S/C24H25NO6S.C22H21NO6S.C21H18FNO6S/c1-17(2)18-9-13-21(14-10-18)32(28,29)25-22-5-3-4-6-23(22)31-16-15-30-20-11-7-19(8-12-20)24(26)27;1-16-5-4-6-19(15-16)30(26,27)23-20-7-2-3-8-21(20)29-14-13-28-18-11-9-17(10-12-18)22(24)25;22-16-4-3-5-18(14-16)30(26,27)23-19-6-1-2-7-20(19)29-13-12-28-17-10-8-15(9-11-17)21(24)25/h3-14,17,25H,15-16H2,1-2H3,(H,26,27);2-12,15,23H,13-14H2,1H3,(H,24,25);1-11,14,23H,12-13H2,(H,24,25). The molecule has 480 valence electrons. The molecule has 21 nitrogen and oxygen atoms in total.